The Morgan fingerprint density at radius 2 is 1.75 bits per heavy atom. The Bertz CT molecular complexity index is 72.2. The molecule has 0 aromatic carbocycles. The second-order valence-corrected chi connectivity index (χ2v) is 3.05. The molecule has 0 spiro atoms. The third-order valence-corrected chi connectivity index (χ3v) is 1.56. The van der Waals surface area contributed by atoms with Crippen molar-refractivity contribution in [1.29, 1.82) is 0 Å². The van der Waals surface area contributed by atoms with E-state index in [0.717, 1.165) is 6.54 Å². The van der Waals surface area contributed by atoms with Gasteiger partial charge in [0.15, 0.2) is 0 Å². The van der Waals surface area contributed by atoms with E-state index in [1.807, 2.05) is 13.8 Å². The highest BCUT2D eigenvalue weighted by molar-refractivity contribution is 4.59. The van der Waals surface area contributed by atoms with Gasteiger partial charge in [0.1, 0.15) is 0 Å². The fourth-order valence-electron chi connectivity index (χ4n) is 0.902. The minimum Gasteiger partial charge on any atom is -0.314 e. The van der Waals surface area contributed by atoms with Crippen molar-refractivity contribution in [2.75, 3.05) is 27.2 Å². The second-order valence-electron chi connectivity index (χ2n) is 3.05. The first-order chi connectivity index (χ1) is 5.66. The number of rotatable bonds is 5. The molecule has 0 aliphatic carbocycles. The summed E-state index contributed by atoms with van der Waals surface area (Å²) in [6.45, 7) is 10.6. The van der Waals surface area contributed by atoms with Gasteiger partial charge in [0, 0.05) is 6.04 Å². The monoisotopic (exact) mass is 174 g/mol. The van der Waals surface area contributed by atoms with E-state index in [1.165, 1.54) is 13.0 Å². The van der Waals surface area contributed by atoms with Gasteiger partial charge < -0.3 is 10.2 Å². The fourth-order valence-corrected chi connectivity index (χ4v) is 0.902. The Morgan fingerprint density at radius 3 is 2.08 bits per heavy atom. The van der Waals surface area contributed by atoms with Crippen molar-refractivity contribution < 1.29 is 0 Å². The van der Waals surface area contributed by atoms with Crippen LogP contribution in [-0.4, -0.2) is 38.1 Å². The molecule has 0 fully saturated rings. The normalized spacial score (nSPS) is 12.2. The molecule has 0 aliphatic rings. The van der Waals surface area contributed by atoms with Crippen LogP contribution in [0.2, 0.25) is 0 Å². The van der Waals surface area contributed by atoms with Gasteiger partial charge >= 0.3 is 0 Å². The molecule has 0 saturated carbocycles. The number of hydrogen-bond acceptors (Lipinski definition) is 2. The Kier molecular flexibility index (Phi) is 13.1. The molecular weight excluding hydrogens is 148 g/mol. The minimum atomic E-state index is 0.660. The fraction of sp³-hybridized carbons (Fsp3) is 1.00. The molecule has 2 heteroatoms. The maximum atomic E-state index is 3.37. The van der Waals surface area contributed by atoms with Crippen LogP contribution in [0.25, 0.3) is 0 Å². The topological polar surface area (TPSA) is 15.3 Å². The summed E-state index contributed by atoms with van der Waals surface area (Å²) < 4.78 is 0. The number of hydrogen-bond donors (Lipinski definition) is 1. The lowest BCUT2D eigenvalue weighted by Gasteiger charge is -2.15. The molecule has 76 valence electrons. The molecule has 0 aromatic rings. The lowest BCUT2D eigenvalue weighted by molar-refractivity contribution is 0.368. The first kappa shape index (κ1) is 14.4. The van der Waals surface area contributed by atoms with E-state index >= 15 is 0 Å². The SMILES string of the molecule is CC.CCNC(C)CCN(C)C. The van der Waals surface area contributed by atoms with Crippen molar-refractivity contribution in [3.05, 3.63) is 0 Å². The predicted octanol–water partition coefficient (Wildman–Crippen LogP) is 1.96. The van der Waals surface area contributed by atoms with Crippen molar-refractivity contribution in [2.24, 2.45) is 0 Å². The van der Waals surface area contributed by atoms with Gasteiger partial charge in [-0.15, -0.1) is 0 Å². The maximum absolute atomic E-state index is 3.37. The molecule has 1 unspecified atom stereocenters. The van der Waals surface area contributed by atoms with Crippen molar-refractivity contribution in [1.82, 2.24) is 10.2 Å². The average Bonchev–Trinajstić information content (AvgIpc) is 2.05. The summed E-state index contributed by atoms with van der Waals surface area (Å²) in [6.07, 6.45) is 1.24. The summed E-state index contributed by atoms with van der Waals surface area (Å²) in [4.78, 5) is 2.22. The van der Waals surface area contributed by atoms with Gasteiger partial charge in [0.05, 0.1) is 0 Å². The zero-order valence-electron chi connectivity index (χ0n) is 9.65. The highest BCUT2D eigenvalue weighted by Gasteiger charge is 1.98. The molecule has 0 aromatic heterocycles. The van der Waals surface area contributed by atoms with Crippen molar-refractivity contribution in [3.8, 4) is 0 Å². The van der Waals surface area contributed by atoms with E-state index in [-0.39, 0.29) is 0 Å². The van der Waals surface area contributed by atoms with Crippen LogP contribution in [0.4, 0.5) is 0 Å². The summed E-state index contributed by atoms with van der Waals surface area (Å²) in [5.74, 6) is 0. The first-order valence-electron chi connectivity index (χ1n) is 5.05. The molecule has 12 heavy (non-hydrogen) atoms. The van der Waals surface area contributed by atoms with Crippen LogP contribution in [0, 0.1) is 0 Å². The van der Waals surface area contributed by atoms with Crippen molar-refractivity contribution >= 4 is 0 Å². The number of nitrogens with one attached hydrogen (secondary N) is 1. The Labute approximate surface area is 78.3 Å². The Balaban J connectivity index is 0. The Hall–Kier alpha value is -0.0800. The van der Waals surface area contributed by atoms with Crippen LogP contribution >= 0.6 is 0 Å². The molecule has 0 saturated heterocycles. The predicted molar refractivity (Wildman–Crippen MR) is 57.7 cm³/mol. The third kappa shape index (κ3) is 12.6. The minimum absolute atomic E-state index is 0.660. The van der Waals surface area contributed by atoms with Crippen LogP contribution in [-0.2, 0) is 0 Å². The second kappa shape index (κ2) is 10.9. The van der Waals surface area contributed by atoms with Gasteiger partial charge in [-0.2, -0.15) is 0 Å². The zero-order chi connectivity index (χ0) is 9.98. The number of nitrogens with zero attached hydrogens (tertiary/aromatic N) is 1. The van der Waals surface area contributed by atoms with E-state index in [2.05, 4.69) is 38.2 Å². The smallest absolute Gasteiger partial charge is 0.00507 e. The van der Waals surface area contributed by atoms with Gasteiger partial charge in [0.2, 0.25) is 0 Å². The molecule has 0 bridgehead atoms. The lowest BCUT2D eigenvalue weighted by atomic mass is 10.2. The molecule has 0 radical (unpaired) electrons. The molecule has 2 nitrogen and oxygen atoms in total. The third-order valence-electron chi connectivity index (χ3n) is 1.56. The molecule has 1 atom stereocenters. The van der Waals surface area contributed by atoms with Gasteiger partial charge in [-0.3, -0.25) is 0 Å². The van der Waals surface area contributed by atoms with E-state index < -0.39 is 0 Å². The summed E-state index contributed by atoms with van der Waals surface area (Å²) in [5.41, 5.74) is 0. The van der Waals surface area contributed by atoms with E-state index in [4.69, 9.17) is 0 Å². The van der Waals surface area contributed by atoms with Gasteiger partial charge in [-0.1, -0.05) is 20.8 Å². The molecule has 0 amide bonds. The molecule has 0 rings (SSSR count). The lowest BCUT2D eigenvalue weighted by Crippen LogP contribution is -2.29. The van der Waals surface area contributed by atoms with E-state index in [9.17, 15) is 0 Å². The van der Waals surface area contributed by atoms with Crippen LogP contribution in [0.5, 0.6) is 0 Å². The average molecular weight is 174 g/mol. The highest BCUT2D eigenvalue weighted by Crippen LogP contribution is 1.90. The standard InChI is InChI=1S/C8H20N2.C2H6/c1-5-9-8(2)6-7-10(3)4;1-2/h8-9H,5-7H2,1-4H3;1-2H3. The highest BCUT2D eigenvalue weighted by atomic mass is 15.1. The summed E-state index contributed by atoms with van der Waals surface area (Å²) in [7, 11) is 4.22. The van der Waals surface area contributed by atoms with Crippen molar-refractivity contribution in [3.63, 3.8) is 0 Å². The maximum Gasteiger partial charge on any atom is 0.00507 e. The van der Waals surface area contributed by atoms with Crippen LogP contribution in [0.3, 0.4) is 0 Å². The van der Waals surface area contributed by atoms with E-state index in [0.29, 0.717) is 6.04 Å². The van der Waals surface area contributed by atoms with Crippen LogP contribution in [0.15, 0.2) is 0 Å². The largest absolute Gasteiger partial charge is 0.314 e. The summed E-state index contributed by atoms with van der Waals surface area (Å²) in [5, 5.41) is 3.37. The van der Waals surface area contributed by atoms with Gasteiger partial charge in [0.25, 0.3) is 0 Å². The Morgan fingerprint density at radius 1 is 1.25 bits per heavy atom. The van der Waals surface area contributed by atoms with Crippen molar-refractivity contribution in [2.45, 2.75) is 40.2 Å². The molecule has 0 heterocycles. The summed E-state index contributed by atoms with van der Waals surface area (Å²) >= 11 is 0. The first-order valence-corrected chi connectivity index (χ1v) is 5.05. The summed E-state index contributed by atoms with van der Waals surface area (Å²) in [6, 6.07) is 0.660. The quantitative estimate of drug-likeness (QED) is 0.685. The van der Waals surface area contributed by atoms with Crippen LogP contribution < -0.4 is 5.32 Å². The van der Waals surface area contributed by atoms with Crippen LogP contribution in [0.1, 0.15) is 34.1 Å². The molecule has 0 aliphatic heterocycles. The van der Waals surface area contributed by atoms with E-state index in [1.54, 1.807) is 0 Å². The zero-order valence-corrected chi connectivity index (χ0v) is 9.65. The van der Waals surface area contributed by atoms with Gasteiger partial charge in [-0.05, 0) is 40.5 Å². The van der Waals surface area contributed by atoms with Gasteiger partial charge in [-0.25, -0.2) is 0 Å². The molecule has 1 N–H and O–H groups in total. The molecular formula is C10H26N2.